The average Bonchev–Trinajstić information content (AvgIpc) is 2.40. The van der Waals surface area contributed by atoms with E-state index in [2.05, 4.69) is 0 Å². The second kappa shape index (κ2) is 5.03. The molecule has 0 saturated carbocycles. The van der Waals surface area contributed by atoms with Crippen LogP contribution >= 0.6 is 0 Å². The summed E-state index contributed by atoms with van der Waals surface area (Å²) < 4.78 is 13.7. The summed E-state index contributed by atoms with van der Waals surface area (Å²) >= 11 is 0. The molecular weight excluding hydrogens is 241 g/mol. The lowest BCUT2D eigenvalue weighted by molar-refractivity contribution is 0.112. The van der Waals surface area contributed by atoms with E-state index in [4.69, 9.17) is 5.26 Å². The smallest absolute Gasteiger partial charge is 0.150 e. The number of hydrogen-bond acceptors (Lipinski definition) is 2. The van der Waals surface area contributed by atoms with Gasteiger partial charge in [0.2, 0.25) is 0 Å². The van der Waals surface area contributed by atoms with Crippen LogP contribution in [0.1, 0.15) is 27.0 Å². The summed E-state index contributed by atoms with van der Waals surface area (Å²) in [5.41, 5.74) is 3.84. The van der Waals surface area contributed by atoms with Crippen LogP contribution in [0.15, 0.2) is 30.3 Å². The molecule has 94 valence electrons. The van der Waals surface area contributed by atoms with Gasteiger partial charge in [0, 0.05) is 5.56 Å². The zero-order valence-corrected chi connectivity index (χ0v) is 10.7. The lowest BCUT2D eigenvalue weighted by atomic mass is 9.94. The molecule has 0 aliphatic rings. The van der Waals surface area contributed by atoms with Crippen LogP contribution in [0.2, 0.25) is 0 Å². The highest BCUT2D eigenvalue weighted by Gasteiger charge is 2.10. The van der Waals surface area contributed by atoms with E-state index < -0.39 is 5.82 Å². The maximum atomic E-state index is 13.7. The van der Waals surface area contributed by atoms with Gasteiger partial charge >= 0.3 is 0 Å². The first-order valence-electron chi connectivity index (χ1n) is 5.83. The minimum atomic E-state index is -0.548. The molecule has 0 unspecified atom stereocenters. The van der Waals surface area contributed by atoms with E-state index in [9.17, 15) is 9.18 Å². The maximum Gasteiger partial charge on any atom is 0.150 e. The number of carbonyl (C=O) groups excluding carboxylic acids is 1. The second-order valence-corrected chi connectivity index (χ2v) is 4.45. The van der Waals surface area contributed by atoms with Crippen molar-refractivity contribution >= 4 is 6.29 Å². The zero-order chi connectivity index (χ0) is 14.0. The van der Waals surface area contributed by atoms with Crippen molar-refractivity contribution in [3.8, 4) is 17.2 Å². The molecule has 0 saturated heterocycles. The molecule has 0 aromatic heterocycles. The van der Waals surface area contributed by atoms with Gasteiger partial charge < -0.3 is 0 Å². The van der Waals surface area contributed by atoms with Gasteiger partial charge in [0.15, 0.2) is 0 Å². The molecule has 0 amide bonds. The van der Waals surface area contributed by atoms with Crippen molar-refractivity contribution in [3.05, 3.63) is 58.4 Å². The van der Waals surface area contributed by atoms with Gasteiger partial charge in [0.05, 0.1) is 5.56 Å². The summed E-state index contributed by atoms with van der Waals surface area (Å²) in [6.07, 6.45) is 0.797. The number of rotatable bonds is 2. The SMILES string of the molecule is Cc1cc(C=O)c(C)c(-c2ccc(C#N)c(F)c2)c1. The molecular formula is C16H12FNO. The minimum absolute atomic E-state index is 0.0182. The predicted octanol–water partition coefficient (Wildman–Crippen LogP) is 3.79. The minimum Gasteiger partial charge on any atom is -0.298 e. The molecule has 0 fully saturated rings. The Morgan fingerprint density at radius 1 is 1.21 bits per heavy atom. The third-order valence-electron chi connectivity index (χ3n) is 3.12. The number of nitrogens with zero attached hydrogens (tertiary/aromatic N) is 1. The standard InChI is InChI=1S/C16H12FNO/c1-10-5-14(9-19)11(2)15(6-10)12-3-4-13(8-18)16(17)7-12/h3-7,9H,1-2H3. The number of aryl methyl sites for hydroxylation is 1. The van der Waals surface area contributed by atoms with Gasteiger partial charge in [-0.2, -0.15) is 5.26 Å². The van der Waals surface area contributed by atoms with E-state index in [0.717, 1.165) is 23.0 Å². The van der Waals surface area contributed by atoms with Crippen molar-refractivity contribution in [2.75, 3.05) is 0 Å². The molecule has 0 atom stereocenters. The molecule has 2 nitrogen and oxygen atoms in total. The van der Waals surface area contributed by atoms with Crippen LogP contribution in [0, 0.1) is 31.0 Å². The van der Waals surface area contributed by atoms with Gasteiger partial charge in [-0.1, -0.05) is 12.1 Å². The number of carbonyl (C=O) groups is 1. The Morgan fingerprint density at radius 3 is 2.53 bits per heavy atom. The average molecular weight is 253 g/mol. The summed E-state index contributed by atoms with van der Waals surface area (Å²) in [5.74, 6) is -0.548. The van der Waals surface area contributed by atoms with Crippen molar-refractivity contribution in [2.24, 2.45) is 0 Å². The molecule has 3 heteroatoms. The Hall–Kier alpha value is -2.47. The van der Waals surface area contributed by atoms with Crippen molar-refractivity contribution in [1.82, 2.24) is 0 Å². The molecule has 0 N–H and O–H groups in total. The summed E-state index contributed by atoms with van der Waals surface area (Å²) in [7, 11) is 0. The first-order chi connectivity index (χ1) is 9.06. The molecule has 2 aromatic rings. The number of hydrogen-bond donors (Lipinski definition) is 0. The highest BCUT2D eigenvalue weighted by Crippen LogP contribution is 2.28. The van der Waals surface area contributed by atoms with E-state index in [0.29, 0.717) is 11.1 Å². The summed E-state index contributed by atoms with van der Waals surface area (Å²) in [6, 6.07) is 9.97. The largest absolute Gasteiger partial charge is 0.298 e. The first kappa shape index (κ1) is 13.0. The topological polar surface area (TPSA) is 40.9 Å². The van der Waals surface area contributed by atoms with E-state index in [1.807, 2.05) is 19.9 Å². The Labute approximate surface area is 111 Å². The molecule has 19 heavy (non-hydrogen) atoms. The van der Waals surface area contributed by atoms with Crippen molar-refractivity contribution < 1.29 is 9.18 Å². The molecule has 2 rings (SSSR count). The molecule has 0 radical (unpaired) electrons. The maximum absolute atomic E-state index is 13.7. The second-order valence-electron chi connectivity index (χ2n) is 4.45. The van der Waals surface area contributed by atoms with Crippen molar-refractivity contribution in [3.63, 3.8) is 0 Å². The normalized spacial score (nSPS) is 10.0. The molecule has 0 heterocycles. The third kappa shape index (κ3) is 2.38. The van der Waals surface area contributed by atoms with E-state index in [-0.39, 0.29) is 5.56 Å². The Bertz CT molecular complexity index is 699. The summed E-state index contributed by atoms with van der Waals surface area (Å²) in [6.45, 7) is 3.71. The van der Waals surface area contributed by atoms with E-state index in [1.165, 1.54) is 12.1 Å². The van der Waals surface area contributed by atoms with Crippen LogP contribution in [-0.4, -0.2) is 6.29 Å². The van der Waals surface area contributed by atoms with E-state index >= 15 is 0 Å². The fraction of sp³-hybridized carbons (Fsp3) is 0.125. The molecule has 0 aliphatic carbocycles. The Morgan fingerprint density at radius 2 is 1.95 bits per heavy atom. The van der Waals surface area contributed by atoms with Gasteiger partial charge in [0.1, 0.15) is 18.2 Å². The van der Waals surface area contributed by atoms with Gasteiger partial charge in [-0.25, -0.2) is 4.39 Å². The monoisotopic (exact) mass is 253 g/mol. The van der Waals surface area contributed by atoms with Crippen LogP contribution in [0.25, 0.3) is 11.1 Å². The Balaban J connectivity index is 2.66. The van der Waals surface area contributed by atoms with E-state index in [1.54, 1.807) is 18.2 Å². The van der Waals surface area contributed by atoms with Crippen molar-refractivity contribution in [1.29, 1.82) is 5.26 Å². The van der Waals surface area contributed by atoms with Gasteiger partial charge in [0.25, 0.3) is 0 Å². The number of aldehydes is 1. The highest BCUT2D eigenvalue weighted by atomic mass is 19.1. The fourth-order valence-electron chi connectivity index (χ4n) is 2.08. The van der Waals surface area contributed by atoms with Crippen LogP contribution < -0.4 is 0 Å². The first-order valence-corrected chi connectivity index (χ1v) is 5.83. The lowest BCUT2D eigenvalue weighted by Gasteiger charge is -2.10. The van der Waals surface area contributed by atoms with Crippen LogP contribution in [0.3, 0.4) is 0 Å². The zero-order valence-electron chi connectivity index (χ0n) is 10.7. The fourth-order valence-corrected chi connectivity index (χ4v) is 2.08. The lowest BCUT2D eigenvalue weighted by Crippen LogP contribution is -1.94. The molecule has 0 aliphatic heterocycles. The third-order valence-corrected chi connectivity index (χ3v) is 3.12. The summed E-state index contributed by atoms with van der Waals surface area (Å²) in [4.78, 5) is 11.0. The number of nitriles is 1. The van der Waals surface area contributed by atoms with Gasteiger partial charge in [-0.05, 0) is 54.3 Å². The molecule has 0 spiro atoms. The number of halogens is 1. The van der Waals surface area contributed by atoms with Gasteiger partial charge in [-0.3, -0.25) is 4.79 Å². The van der Waals surface area contributed by atoms with Crippen molar-refractivity contribution in [2.45, 2.75) is 13.8 Å². The molecule has 0 bridgehead atoms. The highest BCUT2D eigenvalue weighted by molar-refractivity contribution is 5.83. The summed E-state index contributed by atoms with van der Waals surface area (Å²) in [5, 5.41) is 8.72. The van der Waals surface area contributed by atoms with Crippen LogP contribution in [-0.2, 0) is 0 Å². The number of benzene rings is 2. The van der Waals surface area contributed by atoms with Gasteiger partial charge in [-0.15, -0.1) is 0 Å². The predicted molar refractivity (Wildman–Crippen MR) is 71.4 cm³/mol. The van der Waals surface area contributed by atoms with Crippen LogP contribution in [0.5, 0.6) is 0 Å². The quantitative estimate of drug-likeness (QED) is 0.764. The molecule has 2 aromatic carbocycles. The Kier molecular flexibility index (Phi) is 3.43. The van der Waals surface area contributed by atoms with Crippen LogP contribution in [0.4, 0.5) is 4.39 Å².